The summed E-state index contributed by atoms with van der Waals surface area (Å²) in [6.07, 6.45) is -2.07. The van der Waals surface area contributed by atoms with Crippen molar-refractivity contribution in [2.24, 2.45) is 0 Å². The number of nitrogens with zero attached hydrogens (tertiary/aromatic N) is 1. The van der Waals surface area contributed by atoms with Gasteiger partial charge in [-0.1, -0.05) is 23.4 Å². The minimum absolute atomic E-state index is 0.162. The number of hydrogen-bond donors (Lipinski definition) is 2. The summed E-state index contributed by atoms with van der Waals surface area (Å²) in [5.41, 5.74) is 1.36. The summed E-state index contributed by atoms with van der Waals surface area (Å²) in [6.45, 7) is 0.162. The lowest BCUT2D eigenvalue weighted by molar-refractivity contribution is 0.0336. The van der Waals surface area contributed by atoms with Crippen molar-refractivity contribution in [3.8, 4) is 0 Å². The number of hydrogen-bond acceptors (Lipinski definition) is 6. The Labute approximate surface area is 118 Å². The number of thioether (sulfide) groups is 1. The third kappa shape index (κ3) is 2.73. The molecule has 5 nitrogen and oxygen atoms in total. The van der Waals surface area contributed by atoms with Crippen LogP contribution in [0.3, 0.4) is 0 Å². The number of aliphatic hydroxyl groups is 2. The van der Waals surface area contributed by atoms with Crippen LogP contribution in [0.5, 0.6) is 0 Å². The molecule has 1 fully saturated rings. The number of ether oxygens (including phenoxy) is 1. The molecule has 3 atom stereocenters. The average Bonchev–Trinajstić information content (AvgIpc) is 2.92. The summed E-state index contributed by atoms with van der Waals surface area (Å²) in [7, 11) is 0. The maximum absolute atomic E-state index is 9.65. The van der Waals surface area contributed by atoms with Crippen LogP contribution in [0.2, 0.25) is 5.02 Å². The molecule has 2 heterocycles. The molecule has 102 valence electrons. The molecule has 2 aromatic rings. The predicted molar refractivity (Wildman–Crippen MR) is 71.5 cm³/mol. The first-order valence-electron chi connectivity index (χ1n) is 5.80. The van der Waals surface area contributed by atoms with E-state index < -0.39 is 18.3 Å². The van der Waals surface area contributed by atoms with Gasteiger partial charge in [-0.25, -0.2) is 4.98 Å². The fourth-order valence-corrected chi connectivity index (χ4v) is 2.99. The van der Waals surface area contributed by atoms with Crippen LogP contribution in [-0.2, 0) is 4.74 Å². The molecule has 1 aliphatic heterocycles. The summed E-state index contributed by atoms with van der Waals surface area (Å²) >= 11 is 7.21. The molecule has 2 N–H and O–H groups in total. The zero-order valence-corrected chi connectivity index (χ0v) is 11.4. The highest BCUT2D eigenvalue weighted by Gasteiger charge is 2.34. The van der Waals surface area contributed by atoms with Crippen LogP contribution in [0.4, 0.5) is 0 Å². The number of aliphatic hydroxyl groups excluding tert-OH is 2. The lowest BCUT2D eigenvalue weighted by atomic mass is 10.2. The van der Waals surface area contributed by atoms with Crippen LogP contribution < -0.4 is 0 Å². The van der Waals surface area contributed by atoms with Gasteiger partial charge in [-0.05, 0) is 18.2 Å². The fraction of sp³-hybridized carbons (Fsp3) is 0.417. The molecule has 1 aromatic heterocycles. The first kappa shape index (κ1) is 13.2. The van der Waals surface area contributed by atoms with Gasteiger partial charge in [0, 0.05) is 10.8 Å². The maximum atomic E-state index is 9.65. The van der Waals surface area contributed by atoms with E-state index in [0.717, 1.165) is 0 Å². The Morgan fingerprint density at radius 3 is 3.00 bits per heavy atom. The number of halogens is 1. The van der Waals surface area contributed by atoms with Crippen LogP contribution in [-0.4, -0.2) is 45.9 Å². The van der Waals surface area contributed by atoms with Gasteiger partial charge in [0.25, 0.3) is 5.22 Å². The smallest absolute Gasteiger partial charge is 0.256 e. The number of rotatable bonds is 3. The summed E-state index contributed by atoms with van der Waals surface area (Å²) in [4.78, 5) is 4.29. The van der Waals surface area contributed by atoms with E-state index in [1.807, 2.05) is 0 Å². The predicted octanol–water partition coefficient (Wildman–Crippen LogP) is 1.69. The Morgan fingerprint density at radius 1 is 1.42 bits per heavy atom. The van der Waals surface area contributed by atoms with Gasteiger partial charge < -0.3 is 19.4 Å². The van der Waals surface area contributed by atoms with E-state index in [-0.39, 0.29) is 6.61 Å². The van der Waals surface area contributed by atoms with E-state index >= 15 is 0 Å². The van der Waals surface area contributed by atoms with Crippen molar-refractivity contribution in [3.63, 3.8) is 0 Å². The van der Waals surface area contributed by atoms with Crippen LogP contribution >= 0.6 is 23.4 Å². The van der Waals surface area contributed by atoms with E-state index in [9.17, 15) is 10.2 Å². The zero-order valence-electron chi connectivity index (χ0n) is 9.82. The van der Waals surface area contributed by atoms with Gasteiger partial charge in [0.2, 0.25) is 0 Å². The largest absolute Gasteiger partial charge is 0.431 e. The molecule has 3 unspecified atom stereocenters. The normalized spacial score (nSPS) is 27.2. The summed E-state index contributed by atoms with van der Waals surface area (Å²) in [5.74, 6) is 0.471. The van der Waals surface area contributed by atoms with Crippen molar-refractivity contribution in [2.75, 3.05) is 12.4 Å². The first-order chi connectivity index (χ1) is 9.13. The van der Waals surface area contributed by atoms with E-state index in [2.05, 4.69) is 4.98 Å². The molecule has 0 aliphatic carbocycles. The molecule has 3 rings (SSSR count). The summed E-state index contributed by atoms with van der Waals surface area (Å²) < 4.78 is 10.8. The molecule has 1 aliphatic rings. The van der Waals surface area contributed by atoms with Crippen molar-refractivity contribution >= 4 is 34.5 Å². The molecule has 0 radical (unpaired) electrons. The molecule has 0 bridgehead atoms. The highest BCUT2D eigenvalue weighted by Crippen LogP contribution is 2.28. The average molecular weight is 302 g/mol. The number of oxazole rings is 1. The molecule has 1 aromatic carbocycles. The third-order valence-electron chi connectivity index (χ3n) is 2.96. The Kier molecular flexibility index (Phi) is 3.68. The van der Waals surface area contributed by atoms with Crippen molar-refractivity contribution in [2.45, 2.75) is 23.5 Å². The molecule has 19 heavy (non-hydrogen) atoms. The van der Waals surface area contributed by atoms with Crippen molar-refractivity contribution in [1.29, 1.82) is 0 Å². The monoisotopic (exact) mass is 301 g/mol. The maximum Gasteiger partial charge on any atom is 0.256 e. The third-order valence-corrected chi connectivity index (χ3v) is 4.11. The van der Waals surface area contributed by atoms with Crippen molar-refractivity contribution in [1.82, 2.24) is 4.98 Å². The highest BCUT2D eigenvalue weighted by atomic mass is 35.5. The Balaban J connectivity index is 1.68. The van der Waals surface area contributed by atoms with Crippen LogP contribution in [0.25, 0.3) is 11.1 Å². The van der Waals surface area contributed by atoms with Crippen LogP contribution in [0.15, 0.2) is 27.8 Å². The molecular weight excluding hydrogens is 290 g/mol. The minimum atomic E-state index is -0.855. The fourth-order valence-electron chi connectivity index (χ4n) is 1.91. The van der Waals surface area contributed by atoms with E-state index in [4.69, 9.17) is 20.8 Å². The van der Waals surface area contributed by atoms with Gasteiger partial charge in [-0.3, -0.25) is 0 Å². The number of benzene rings is 1. The molecule has 1 saturated heterocycles. The molecule has 0 saturated carbocycles. The van der Waals surface area contributed by atoms with E-state index in [0.29, 0.717) is 27.1 Å². The van der Waals surface area contributed by atoms with Gasteiger partial charge in [-0.15, -0.1) is 0 Å². The lowest BCUT2D eigenvalue weighted by Crippen LogP contribution is -2.31. The number of aromatic nitrogens is 1. The van der Waals surface area contributed by atoms with Gasteiger partial charge >= 0.3 is 0 Å². The summed E-state index contributed by atoms with van der Waals surface area (Å²) in [6, 6.07) is 5.23. The topological polar surface area (TPSA) is 75.7 Å². The lowest BCUT2D eigenvalue weighted by Gasteiger charge is -2.12. The zero-order chi connectivity index (χ0) is 13.4. The second kappa shape index (κ2) is 5.30. The molecular formula is C12H12ClNO4S. The Bertz CT molecular complexity index is 590. The SMILES string of the molecule is OC1COC(CSc2nc3cc(Cl)ccc3o2)C1O. The molecule has 0 spiro atoms. The molecule has 7 heteroatoms. The Hall–Kier alpha value is -0.790. The van der Waals surface area contributed by atoms with Crippen molar-refractivity contribution in [3.05, 3.63) is 23.2 Å². The second-order valence-corrected chi connectivity index (χ2v) is 5.74. The van der Waals surface area contributed by atoms with Crippen LogP contribution in [0.1, 0.15) is 0 Å². The van der Waals surface area contributed by atoms with Crippen LogP contribution in [0, 0.1) is 0 Å². The standard InChI is InChI=1S/C12H12ClNO4S/c13-6-1-2-9-7(3-6)14-12(18-9)19-5-10-11(16)8(15)4-17-10/h1-3,8,10-11,15-16H,4-5H2. The quantitative estimate of drug-likeness (QED) is 0.840. The summed E-state index contributed by atoms with van der Waals surface area (Å²) in [5, 5.41) is 20.1. The van der Waals surface area contributed by atoms with Crippen molar-refractivity contribution < 1.29 is 19.4 Å². The minimum Gasteiger partial charge on any atom is -0.431 e. The molecule has 0 amide bonds. The number of fused-ring (bicyclic) bond motifs is 1. The van der Waals surface area contributed by atoms with Gasteiger partial charge in [-0.2, -0.15) is 0 Å². The van der Waals surface area contributed by atoms with Gasteiger partial charge in [0.1, 0.15) is 17.7 Å². The second-order valence-electron chi connectivity index (χ2n) is 4.33. The highest BCUT2D eigenvalue weighted by molar-refractivity contribution is 7.99. The Morgan fingerprint density at radius 2 is 2.26 bits per heavy atom. The first-order valence-corrected chi connectivity index (χ1v) is 7.16. The van der Waals surface area contributed by atoms with Gasteiger partial charge in [0.05, 0.1) is 12.7 Å². The van der Waals surface area contributed by atoms with E-state index in [1.165, 1.54) is 11.8 Å². The van der Waals surface area contributed by atoms with Gasteiger partial charge in [0.15, 0.2) is 5.58 Å². The van der Waals surface area contributed by atoms with E-state index in [1.54, 1.807) is 18.2 Å².